The van der Waals surface area contributed by atoms with Crippen molar-refractivity contribution in [3.8, 4) is 55.6 Å². The van der Waals surface area contributed by atoms with Crippen molar-refractivity contribution in [1.82, 2.24) is 0 Å². The third-order valence-electron chi connectivity index (χ3n) is 14.2. The van der Waals surface area contributed by atoms with Crippen LogP contribution in [0.1, 0.15) is 22.3 Å². The lowest BCUT2D eigenvalue weighted by molar-refractivity contribution is 0.669. The molecule has 0 bridgehead atoms. The second-order valence-electron chi connectivity index (χ2n) is 18.0. The van der Waals surface area contributed by atoms with Gasteiger partial charge in [0.15, 0.2) is 0 Å². The van der Waals surface area contributed by atoms with E-state index in [9.17, 15) is 0 Å². The molecule has 0 atom stereocenters. The molecule has 1 aliphatic rings. The van der Waals surface area contributed by atoms with E-state index in [0.717, 1.165) is 55.7 Å². The second kappa shape index (κ2) is 16.7. The number of nitrogens with zero attached hydrogens (tertiary/aromatic N) is 1. The molecule has 0 radical (unpaired) electrons. The van der Waals surface area contributed by atoms with Crippen molar-refractivity contribution in [2.24, 2.45) is 0 Å². The molecule has 0 saturated heterocycles. The van der Waals surface area contributed by atoms with E-state index in [1.807, 2.05) is 6.07 Å². The van der Waals surface area contributed by atoms with Crippen LogP contribution in [0.25, 0.3) is 77.6 Å². The Kier molecular flexibility index (Phi) is 9.77. The van der Waals surface area contributed by atoms with E-state index in [4.69, 9.17) is 4.42 Å². The van der Waals surface area contributed by atoms with Gasteiger partial charge in [0.2, 0.25) is 0 Å². The fourth-order valence-corrected chi connectivity index (χ4v) is 11.1. The molecule has 324 valence electrons. The molecule has 1 heterocycles. The van der Waals surface area contributed by atoms with Crippen molar-refractivity contribution in [2.45, 2.75) is 5.41 Å². The molecular formula is C67H45NO. The van der Waals surface area contributed by atoms with Gasteiger partial charge in [-0.15, -0.1) is 0 Å². The van der Waals surface area contributed by atoms with Gasteiger partial charge in [-0.2, -0.15) is 0 Å². The van der Waals surface area contributed by atoms with E-state index in [1.54, 1.807) is 0 Å². The summed E-state index contributed by atoms with van der Waals surface area (Å²) in [6, 6.07) is 99.2. The molecular weight excluding hydrogens is 835 g/mol. The van der Waals surface area contributed by atoms with Crippen molar-refractivity contribution < 1.29 is 4.42 Å². The molecule has 2 heteroatoms. The minimum absolute atomic E-state index is 0.466. The number of fused-ring (bicyclic) bond motifs is 6. The Morgan fingerprint density at radius 1 is 0.290 bits per heavy atom. The van der Waals surface area contributed by atoms with Crippen molar-refractivity contribution in [3.05, 3.63) is 295 Å². The molecule has 1 aromatic heterocycles. The number of rotatable bonds is 9. The highest BCUT2D eigenvalue weighted by Gasteiger charge is 2.46. The first-order valence-corrected chi connectivity index (χ1v) is 23.7. The zero-order valence-electron chi connectivity index (χ0n) is 37.8. The van der Waals surface area contributed by atoms with Crippen LogP contribution in [-0.2, 0) is 5.41 Å². The topological polar surface area (TPSA) is 16.4 Å². The second-order valence-corrected chi connectivity index (χ2v) is 18.0. The van der Waals surface area contributed by atoms with Crippen molar-refractivity contribution in [3.63, 3.8) is 0 Å². The molecule has 13 rings (SSSR count). The van der Waals surface area contributed by atoms with Gasteiger partial charge in [0.05, 0.1) is 5.41 Å². The van der Waals surface area contributed by atoms with Gasteiger partial charge in [-0.25, -0.2) is 0 Å². The Balaban J connectivity index is 0.953. The van der Waals surface area contributed by atoms with Gasteiger partial charge in [0.25, 0.3) is 0 Å². The van der Waals surface area contributed by atoms with Gasteiger partial charge in [0.1, 0.15) is 11.2 Å². The maximum absolute atomic E-state index is 6.36. The zero-order chi connectivity index (χ0) is 45.7. The first kappa shape index (κ1) is 40.3. The maximum Gasteiger partial charge on any atom is 0.136 e. The quantitative estimate of drug-likeness (QED) is 0.144. The van der Waals surface area contributed by atoms with Gasteiger partial charge >= 0.3 is 0 Å². The highest BCUT2D eigenvalue weighted by Crippen LogP contribution is 2.58. The van der Waals surface area contributed by atoms with E-state index in [1.165, 1.54) is 61.2 Å². The fourth-order valence-electron chi connectivity index (χ4n) is 11.1. The number of hydrogen-bond donors (Lipinski definition) is 0. The summed E-state index contributed by atoms with van der Waals surface area (Å²) in [6.07, 6.45) is 0. The molecule has 2 nitrogen and oxygen atoms in total. The first-order valence-electron chi connectivity index (χ1n) is 23.7. The highest BCUT2D eigenvalue weighted by atomic mass is 16.3. The molecule has 0 saturated carbocycles. The third kappa shape index (κ3) is 6.72. The van der Waals surface area contributed by atoms with Crippen molar-refractivity contribution in [1.29, 1.82) is 0 Å². The molecule has 0 spiro atoms. The smallest absolute Gasteiger partial charge is 0.136 e. The molecule has 0 unspecified atom stereocenters. The predicted molar refractivity (Wildman–Crippen MR) is 287 cm³/mol. The van der Waals surface area contributed by atoms with Gasteiger partial charge in [-0.3, -0.25) is 0 Å². The molecule has 0 aliphatic heterocycles. The van der Waals surface area contributed by atoms with Gasteiger partial charge < -0.3 is 9.32 Å². The standard InChI is InChI=1S/C67H45NO/c1-4-18-46(19-5-1)47-36-38-48(39-37-47)50-20-14-26-55(44-50)68(56-27-15-21-51(45-56)58-31-17-35-64-66(58)60-29-11-13-34-63(60)69-64)54-42-40-49(41-43-54)57-30-16-33-62-65(57)59-28-10-12-32-61(59)67(62,52-22-6-2-7-23-52)53-24-8-3-9-25-53/h1-45H. The van der Waals surface area contributed by atoms with Crippen LogP contribution in [0, 0.1) is 0 Å². The summed E-state index contributed by atoms with van der Waals surface area (Å²) >= 11 is 0. The Labute approximate surface area is 402 Å². The van der Waals surface area contributed by atoms with Crippen LogP contribution in [0.4, 0.5) is 17.1 Å². The summed E-state index contributed by atoms with van der Waals surface area (Å²) in [5, 5.41) is 2.24. The minimum Gasteiger partial charge on any atom is -0.456 e. The number of hydrogen-bond acceptors (Lipinski definition) is 2. The number of furan rings is 1. The largest absolute Gasteiger partial charge is 0.456 e. The number of benzene rings is 11. The van der Waals surface area contributed by atoms with E-state index in [-0.39, 0.29) is 0 Å². The van der Waals surface area contributed by atoms with E-state index >= 15 is 0 Å². The monoisotopic (exact) mass is 879 g/mol. The molecule has 0 amide bonds. The summed E-state index contributed by atoms with van der Waals surface area (Å²) in [4.78, 5) is 2.39. The highest BCUT2D eigenvalue weighted by molar-refractivity contribution is 6.12. The zero-order valence-corrected chi connectivity index (χ0v) is 37.8. The van der Waals surface area contributed by atoms with Crippen molar-refractivity contribution in [2.75, 3.05) is 4.90 Å². The van der Waals surface area contributed by atoms with Gasteiger partial charge in [-0.1, -0.05) is 224 Å². The van der Waals surface area contributed by atoms with Crippen molar-refractivity contribution >= 4 is 39.0 Å². The maximum atomic E-state index is 6.36. The molecule has 1 aliphatic carbocycles. The average molecular weight is 880 g/mol. The van der Waals surface area contributed by atoms with E-state index in [0.29, 0.717) is 0 Å². The Morgan fingerprint density at radius 3 is 1.49 bits per heavy atom. The van der Waals surface area contributed by atoms with E-state index in [2.05, 4.69) is 272 Å². The normalized spacial score (nSPS) is 12.5. The fraction of sp³-hybridized carbons (Fsp3) is 0.0149. The van der Waals surface area contributed by atoms with Crippen LogP contribution in [-0.4, -0.2) is 0 Å². The van der Waals surface area contributed by atoms with Crippen LogP contribution in [0.5, 0.6) is 0 Å². The van der Waals surface area contributed by atoms with Crippen LogP contribution in [0.2, 0.25) is 0 Å². The van der Waals surface area contributed by atoms with Gasteiger partial charge in [0, 0.05) is 27.8 Å². The number of para-hydroxylation sites is 1. The van der Waals surface area contributed by atoms with Crippen LogP contribution < -0.4 is 4.90 Å². The lowest BCUT2D eigenvalue weighted by atomic mass is 9.67. The minimum atomic E-state index is -0.466. The Hall–Kier alpha value is -8.98. The molecule has 12 aromatic rings. The molecule has 69 heavy (non-hydrogen) atoms. The third-order valence-corrected chi connectivity index (χ3v) is 14.2. The lowest BCUT2D eigenvalue weighted by Crippen LogP contribution is -2.28. The summed E-state index contributed by atoms with van der Waals surface area (Å²) < 4.78 is 6.36. The van der Waals surface area contributed by atoms with Crippen LogP contribution >= 0.6 is 0 Å². The first-order chi connectivity index (χ1) is 34.2. The summed E-state index contributed by atoms with van der Waals surface area (Å²) in [5.74, 6) is 0. The molecule has 0 fully saturated rings. The summed E-state index contributed by atoms with van der Waals surface area (Å²) in [5.41, 5.74) is 21.6. The predicted octanol–water partition coefficient (Wildman–Crippen LogP) is 18.1. The molecule has 11 aromatic carbocycles. The molecule has 0 N–H and O–H groups in total. The van der Waals surface area contributed by atoms with Crippen LogP contribution in [0.3, 0.4) is 0 Å². The van der Waals surface area contributed by atoms with E-state index < -0.39 is 5.41 Å². The Bertz CT molecular complexity index is 3780. The van der Waals surface area contributed by atoms with Gasteiger partial charge in [-0.05, 0) is 126 Å². The number of anilines is 3. The summed E-state index contributed by atoms with van der Waals surface area (Å²) in [6.45, 7) is 0. The average Bonchev–Trinajstić information content (AvgIpc) is 3.97. The summed E-state index contributed by atoms with van der Waals surface area (Å²) in [7, 11) is 0. The lowest BCUT2D eigenvalue weighted by Gasteiger charge is -2.34. The SMILES string of the molecule is c1ccc(-c2ccc(-c3cccc(N(c4ccc(-c5cccc6c5-c5ccccc5C6(c5ccccc5)c5ccccc5)cc4)c4cccc(-c5cccc6oc7ccccc7c56)c4)c3)cc2)cc1. The Morgan fingerprint density at radius 2 is 0.768 bits per heavy atom. The van der Waals surface area contributed by atoms with Crippen LogP contribution in [0.15, 0.2) is 277 Å².